The van der Waals surface area contributed by atoms with Crippen LogP contribution in [0.4, 0.5) is 0 Å². The van der Waals surface area contributed by atoms with E-state index in [1.807, 2.05) is 6.92 Å². The molecule has 19 heteroatoms. The molecular formula is C34H63NO18. The molecule has 3 rings (SSSR count). The topological polar surface area (TPSA) is 307 Å². The Morgan fingerprint density at radius 3 is 1.62 bits per heavy atom. The third kappa shape index (κ3) is 12.6. The van der Waals surface area contributed by atoms with Gasteiger partial charge in [0, 0.05) is 6.42 Å². The average Bonchev–Trinajstić information content (AvgIpc) is 3.15. The molecule has 1 amide bonds. The van der Waals surface area contributed by atoms with Gasteiger partial charge in [-0.1, -0.05) is 58.8 Å². The van der Waals surface area contributed by atoms with Crippen molar-refractivity contribution in [3.05, 3.63) is 0 Å². The number of nitrogens with one attached hydrogen (secondary N) is 1. The van der Waals surface area contributed by atoms with Gasteiger partial charge in [-0.05, 0) is 12.8 Å². The van der Waals surface area contributed by atoms with Crippen LogP contribution < -0.4 is 5.32 Å². The highest BCUT2D eigenvalue weighted by molar-refractivity contribution is 5.76. The van der Waals surface area contributed by atoms with E-state index in [2.05, 4.69) is 12.2 Å². The maximum Gasteiger partial charge on any atom is 0.220 e. The second kappa shape index (κ2) is 23.1. The van der Waals surface area contributed by atoms with Gasteiger partial charge in [0.05, 0.1) is 38.6 Å². The zero-order chi connectivity index (χ0) is 39.2. The second-order valence-electron chi connectivity index (χ2n) is 14.0. The Labute approximate surface area is 309 Å². The molecule has 312 valence electrons. The number of hydrogen-bond donors (Lipinski definition) is 12. The lowest BCUT2D eigenvalue weighted by molar-refractivity contribution is -0.379. The van der Waals surface area contributed by atoms with Gasteiger partial charge in [0.1, 0.15) is 73.2 Å². The fourth-order valence-corrected chi connectivity index (χ4v) is 6.58. The first-order valence-corrected chi connectivity index (χ1v) is 18.8. The molecule has 0 radical (unpaired) electrons. The molecule has 0 bridgehead atoms. The summed E-state index contributed by atoms with van der Waals surface area (Å²) in [4.78, 5) is 12.6. The molecule has 3 aliphatic heterocycles. The first-order chi connectivity index (χ1) is 25.3. The van der Waals surface area contributed by atoms with E-state index in [0.29, 0.717) is 12.8 Å². The van der Waals surface area contributed by atoms with Crippen molar-refractivity contribution in [3.8, 4) is 0 Å². The Morgan fingerprint density at radius 2 is 1.08 bits per heavy atom. The normalized spacial score (nSPS) is 39.1. The van der Waals surface area contributed by atoms with Gasteiger partial charge in [-0.25, -0.2) is 0 Å². The average molecular weight is 774 g/mol. The first kappa shape index (κ1) is 46.2. The second-order valence-corrected chi connectivity index (χ2v) is 14.0. The summed E-state index contributed by atoms with van der Waals surface area (Å²) >= 11 is 0. The van der Waals surface area contributed by atoms with Gasteiger partial charge >= 0.3 is 0 Å². The summed E-state index contributed by atoms with van der Waals surface area (Å²) in [6, 6.07) is -0.870. The van der Waals surface area contributed by atoms with Crippen LogP contribution in [0.15, 0.2) is 0 Å². The summed E-state index contributed by atoms with van der Waals surface area (Å²) in [5.74, 6) is -0.287. The highest BCUT2D eigenvalue weighted by atomic mass is 16.8. The van der Waals surface area contributed by atoms with Crippen LogP contribution in [0.3, 0.4) is 0 Å². The molecule has 19 nitrogen and oxygen atoms in total. The predicted molar refractivity (Wildman–Crippen MR) is 180 cm³/mol. The number of hydrogen-bond acceptors (Lipinski definition) is 18. The summed E-state index contributed by atoms with van der Waals surface area (Å²) in [6.45, 7) is 1.36. The van der Waals surface area contributed by atoms with E-state index in [1.165, 1.54) is 0 Å². The predicted octanol–water partition coefficient (Wildman–Crippen LogP) is -3.76. The van der Waals surface area contributed by atoms with Gasteiger partial charge in [0.2, 0.25) is 5.91 Å². The number of aliphatic hydroxyl groups excluding tert-OH is 11. The van der Waals surface area contributed by atoms with Crippen molar-refractivity contribution in [2.75, 3.05) is 26.4 Å². The lowest BCUT2D eigenvalue weighted by Gasteiger charge is -2.48. The monoisotopic (exact) mass is 773 g/mol. The lowest BCUT2D eigenvalue weighted by atomic mass is 9.96. The van der Waals surface area contributed by atoms with E-state index in [4.69, 9.17) is 28.4 Å². The number of unbranched alkanes of at least 4 members (excludes halogenated alkanes) is 6. The van der Waals surface area contributed by atoms with Crippen LogP contribution in [-0.4, -0.2) is 193 Å². The van der Waals surface area contributed by atoms with Gasteiger partial charge in [-0.2, -0.15) is 0 Å². The highest BCUT2D eigenvalue weighted by Gasteiger charge is 2.53. The summed E-state index contributed by atoms with van der Waals surface area (Å²) in [5, 5.41) is 118. The summed E-state index contributed by atoms with van der Waals surface area (Å²) in [7, 11) is 0. The van der Waals surface area contributed by atoms with Crippen molar-refractivity contribution in [1.82, 2.24) is 5.32 Å². The van der Waals surface area contributed by atoms with Crippen LogP contribution in [0.5, 0.6) is 0 Å². The molecule has 17 unspecified atom stereocenters. The summed E-state index contributed by atoms with van der Waals surface area (Å²) in [6.07, 6.45) is -18.3. The third-order valence-electron chi connectivity index (χ3n) is 9.93. The largest absolute Gasteiger partial charge is 0.394 e. The van der Waals surface area contributed by atoms with Gasteiger partial charge in [-0.3, -0.25) is 4.79 Å². The molecular weight excluding hydrogens is 710 g/mol. The Hall–Kier alpha value is -1.21. The molecule has 0 aliphatic carbocycles. The number of aliphatic hydroxyl groups is 11. The van der Waals surface area contributed by atoms with E-state index in [9.17, 15) is 61.0 Å². The van der Waals surface area contributed by atoms with Crippen molar-refractivity contribution in [3.63, 3.8) is 0 Å². The van der Waals surface area contributed by atoms with Crippen molar-refractivity contribution in [2.24, 2.45) is 0 Å². The molecule has 3 fully saturated rings. The van der Waals surface area contributed by atoms with Crippen LogP contribution in [-0.2, 0) is 33.2 Å². The Kier molecular flexibility index (Phi) is 20.1. The number of carbonyl (C=O) groups excluding carboxylic acids is 1. The lowest BCUT2D eigenvalue weighted by Crippen LogP contribution is -2.66. The van der Waals surface area contributed by atoms with E-state index < -0.39 is 124 Å². The van der Waals surface area contributed by atoms with Crippen LogP contribution >= 0.6 is 0 Å². The zero-order valence-electron chi connectivity index (χ0n) is 30.5. The molecule has 0 saturated carbocycles. The van der Waals surface area contributed by atoms with Gasteiger partial charge < -0.3 is 89.9 Å². The fraction of sp³-hybridized carbons (Fsp3) is 0.971. The van der Waals surface area contributed by atoms with Gasteiger partial charge in [-0.15, -0.1) is 0 Å². The minimum atomic E-state index is -1.96. The van der Waals surface area contributed by atoms with Crippen LogP contribution in [0, 0.1) is 0 Å². The van der Waals surface area contributed by atoms with E-state index >= 15 is 0 Å². The van der Waals surface area contributed by atoms with Crippen LogP contribution in [0.1, 0.15) is 78.1 Å². The summed E-state index contributed by atoms with van der Waals surface area (Å²) < 4.78 is 33.6. The minimum Gasteiger partial charge on any atom is -0.394 e. The standard InChI is InChI=1S/C34H63NO18/c1-3-5-7-8-9-10-11-18(39)17(35-22(40)12-6-4-2)16-48-32-28(46)25(43)30(20(14-37)50-32)53-34-29(47)26(44)31(21(15-38)51-34)52-33-27(45)24(42)23(41)19(13-36)49-33/h17-21,23-34,36-39,41-47H,3-16H2,1-2H3,(H,35,40). The molecule has 3 heterocycles. The van der Waals surface area contributed by atoms with Crippen molar-refractivity contribution in [2.45, 2.75) is 182 Å². The Morgan fingerprint density at radius 1 is 0.604 bits per heavy atom. The molecule has 53 heavy (non-hydrogen) atoms. The van der Waals surface area contributed by atoms with Crippen LogP contribution in [0.25, 0.3) is 0 Å². The molecule has 0 aromatic rings. The molecule has 0 aromatic heterocycles. The number of rotatable bonds is 22. The fourth-order valence-electron chi connectivity index (χ4n) is 6.58. The quantitative estimate of drug-likeness (QED) is 0.0470. The Balaban J connectivity index is 1.64. The highest BCUT2D eigenvalue weighted by Crippen LogP contribution is 2.32. The number of carbonyl (C=O) groups is 1. The van der Waals surface area contributed by atoms with Gasteiger partial charge in [0.25, 0.3) is 0 Å². The van der Waals surface area contributed by atoms with E-state index in [0.717, 1.165) is 44.9 Å². The molecule has 0 spiro atoms. The van der Waals surface area contributed by atoms with Gasteiger partial charge in [0.15, 0.2) is 18.9 Å². The molecule has 3 saturated heterocycles. The molecule has 12 N–H and O–H groups in total. The minimum absolute atomic E-state index is 0.241. The molecule has 0 aromatic carbocycles. The smallest absolute Gasteiger partial charge is 0.220 e. The van der Waals surface area contributed by atoms with E-state index in [1.54, 1.807) is 0 Å². The zero-order valence-corrected chi connectivity index (χ0v) is 30.5. The molecule has 3 aliphatic rings. The number of ether oxygens (including phenoxy) is 6. The SMILES string of the molecule is CCCCCCCCC(O)C(COC1OC(CO)C(OC2OC(CO)C(OC3OC(CO)C(O)C(O)C3O)C(O)C2O)C(O)C1O)NC(=O)CCCC. The van der Waals surface area contributed by atoms with E-state index in [-0.39, 0.29) is 18.9 Å². The third-order valence-corrected chi connectivity index (χ3v) is 9.93. The van der Waals surface area contributed by atoms with Crippen molar-refractivity contribution < 1.29 is 89.4 Å². The number of amides is 1. The molecule has 17 atom stereocenters. The maximum atomic E-state index is 12.6. The first-order valence-electron chi connectivity index (χ1n) is 18.8. The maximum absolute atomic E-state index is 12.6. The Bertz CT molecular complexity index is 1030. The van der Waals surface area contributed by atoms with Crippen molar-refractivity contribution in [1.29, 1.82) is 0 Å². The summed E-state index contributed by atoms with van der Waals surface area (Å²) in [5.41, 5.74) is 0. The van der Waals surface area contributed by atoms with Crippen LogP contribution in [0.2, 0.25) is 0 Å². The van der Waals surface area contributed by atoms with Crippen molar-refractivity contribution >= 4 is 5.91 Å².